The van der Waals surface area contributed by atoms with Gasteiger partial charge >= 0.3 is 5.97 Å². The van der Waals surface area contributed by atoms with Crippen molar-refractivity contribution in [3.05, 3.63) is 0 Å². The van der Waals surface area contributed by atoms with Crippen molar-refractivity contribution >= 4 is 5.97 Å². The number of hydrogen-bond acceptors (Lipinski definition) is 4. The van der Waals surface area contributed by atoms with Crippen molar-refractivity contribution < 1.29 is 19.7 Å². The van der Waals surface area contributed by atoms with Gasteiger partial charge in [-0.05, 0) is 12.8 Å². The van der Waals surface area contributed by atoms with Crippen LogP contribution in [0.3, 0.4) is 0 Å². The molecule has 0 heterocycles. The predicted octanol–water partition coefficient (Wildman–Crippen LogP) is 14.8. The van der Waals surface area contributed by atoms with Gasteiger partial charge in [-0.1, -0.05) is 251 Å². The first-order chi connectivity index (χ1) is 24.7. The van der Waals surface area contributed by atoms with Gasteiger partial charge in [-0.3, -0.25) is 4.79 Å². The van der Waals surface area contributed by atoms with Crippen molar-refractivity contribution in [1.82, 2.24) is 0 Å². The second kappa shape index (κ2) is 42.8. The lowest BCUT2D eigenvalue weighted by Gasteiger charge is -2.17. The Bertz CT molecular complexity index is 638. The standard InChI is InChI=1S/C46H92O4/c1-3-5-7-9-11-12-13-14-15-16-17-18-19-20-21-22-23-24-25-26-27-28-29-30-31-32-33-34-35-37-39-41-44(40-38-36-10-8-6-4-2)46(49)50-43-45(48)42-47/h44-45,47-48H,3-43H2,1-2H3. The minimum absolute atomic E-state index is 0.0595. The maximum Gasteiger partial charge on any atom is 0.309 e. The Morgan fingerprint density at radius 1 is 0.400 bits per heavy atom. The van der Waals surface area contributed by atoms with Crippen LogP contribution in [0.25, 0.3) is 0 Å². The Balaban J connectivity index is 3.45. The lowest BCUT2D eigenvalue weighted by molar-refractivity contribution is -0.152. The van der Waals surface area contributed by atoms with Crippen LogP contribution in [0.1, 0.15) is 264 Å². The van der Waals surface area contributed by atoms with E-state index in [4.69, 9.17) is 9.84 Å². The van der Waals surface area contributed by atoms with Crippen molar-refractivity contribution in [2.75, 3.05) is 13.2 Å². The number of aliphatic hydroxyl groups is 2. The van der Waals surface area contributed by atoms with E-state index < -0.39 is 6.10 Å². The lowest BCUT2D eigenvalue weighted by atomic mass is 9.94. The Labute approximate surface area is 314 Å². The normalized spacial score (nSPS) is 12.8. The number of carbonyl (C=O) groups excluding carboxylic acids is 1. The molecule has 0 aromatic rings. The van der Waals surface area contributed by atoms with E-state index in [-0.39, 0.29) is 25.1 Å². The second-order valence-electron chi connectivity index (χ2n) is 16.1. The number of hydrogen-bond donors (Lipinski definition) is 2. The zero-order chi connectivity index (χ0) is 36.4. The molecule has 0 saturated heterocycles. The SMILES string of the molecule is CCCCCCCCCCCCCCCCCCCCCCCCCCCCCCCCCC(CCCCCCCC)C(=O)OCC(O)CO. The highest BCUT2D eigenvalue weighted by Gasteiger charge is 2.20. The summed E-state index contributed by atoms with van der Waals surface area (Å²) in [5.41, 5.74) is 0. The van der Waals surface area contributed by atoms with Gasteiger partial charge in [-0.25, -0.2) is 0 Å². The zero-order valence-corrected chi connectivity index (χ0v) is 34.4. The summed E-state index contributed by atoms with van der Waals surface area (Å²) in [6, 6.07) is 0. The van der Waals surface area contributed by atoms with Crippen LogP contribution in [-0.2, 0) is 9.53 Å². The third-order valence-corrected chi connectivity index (χ3v) is 11.0. The summed E-state index contributed by atoms with van der Waals surface area (Å²) < 4.78 is 5.32. The maximum absolute atomic E-state index is 12.6. The largest absolute Gasteiger partial charge is 0.463 e. The van der Waals surface area contributed by atoms with Crippen molar-refractivity contribution in [2.45, 2.75) is 270 Å². The number of aliphatic hydroxyl groups excluding tert-OH is 2. The van der Waals surface area contributed by atoms with Crippen LogP contribution in [-0.4, -0.2) is 35.5 Å². The number of rotatable bonds is 43. The Morgan fingerprint density at radius 3 is 0.840 bits per heavy atom. The third-order valence-electron chi connectivity index (χ3n) is 11.0. The molecule has 0 bridgehead atoms. The van der Waals surface area contributed by atoms with Gasteiger partial charge in [0.2, 0.25) is 0 Å². The van der Waals surface area contributed by atoms with E-state index in [0.29, 0.717) is 0 Å². The first-order valence-electron chi connectivity index (χ1n) is 23.1. The van der Waals surface area contributed by atoms with E-state index in [0.717, 1.165) is 25.7 Å². The fraction of sp³-hybridized carbons (Fsp3) is 0.978. The summed E-state index contributed by atoms with van der Waals surface area (Å²) in [6.07, 6.45) is 52.0. The molecule has 4 heteroatoms. The molecule has 0 spiro atoms. The van der Waals surface area contributed by atoms with E-state index >= 15 is 0 Å². The molecule has 0 saturated carbocycles. The first kappa shape index (κ1) is 49.4. The fourth-order valence-electron chi connectivity index (χ4n) is 7.49. The Kier molecular flexibility index (Phi) is 42.3. The molecule has 0 aliphatic rings. The summed E-state index contributed by atoms with van der Waals surface area (Å²) >= 11 is 0. The predicted molar refractivity (Wildman–Crippen MR) is 219 cm³/mol. The third kappa shape index (κ3) is 38.6. The average molecular weight is 709 g/mol. The van der Waals surface area contributed by atoms with Crippen molar-refractivity contribution in [2.24, 2.45) is 5.92 Å². The monoisotopic (exact) mass is 709 g/mol. The van der Waals surface area contributed by atoms with Crippen molar-refractivity contribution in [3.8, 4) is 0 Å². The molecule has 0 rings (SSSR count). The van der Waals surface area contributed by atoms with Crippen molar-refractivity contribution in [1.29, 1.82) is 0 Å². The molecular formula is C46H92O4. The first-order valence-corrected chi connectivity index (χ1v) is 23.1. The van der Waals surface area contributed by atoms with Crippen LogP contribution < -0.4 is 0 Å². The van der Waals surface area contributed by atoms with E-state index in [1.165, 1.54) is 225 Å². The Hall–Kier alpha value is -0.610. The van der Waals surface area contributed by atoms with Crippen LogP contribution in [0, 0.1) is 5.92 Å². The number of unbranched alkanes of at least 4 members (excludes halogenated alkanes) is 35. The molecule has 2 atom stereocenters. The zero-order valence-electron chi connectivity index (χ0n) is 34.4. The van der Waals surface area contributed by atoms with Gasteiger partial charge in [0.05, 0.1) is 12.5 Å². The number of carbonyl (C=O) groups is 1. The summed E-state index contributed by atoms with van der Waals surface area (Å²) in [5.74, 6) is -0.243. The van der Waals surface area contributed by atoms with Gasteiger partial charge in [0, 0.05) is 0 Å². The van der Waals surface area contributed by atoms with Crippen LogP contribution in [0.15, 0.2) is 0 Å². The molecule has 2 N–H and O–H groups in total. The average Bonchev–Trinajstić information content (AvgIpc) is 3.13. The van der Waals surface area contributed by atoms with E-state index in [1.807, 2.05) is 0 Å². The highest BCUT2D eigenvalue weighted by atomic mass is 16.5. The van der Waals surface area contributed by atoms with E-state index in [2.05, 4.69) is 13.8 Å². The molecule has 0 amide bonds. The molecule has 0 aromatic heterocycles. The van der Waals surface area contributed by atoms with Crippen LogP contribution in [0.2, 0.25) is 0 Å². The van der Waals surface area contributed by atoms with Crippen molar-refractivity contribution in [3.63, 3.8) is 0 Å². The van der Waals surface area contributed by atoms with E-state index in [1.54, 1.807) is 0 Å². The molecule has 2 unspecified atom stereocenters. The molecule has 0 aliphatic heterocycles. The van der Waals surface area contributed by atoms with E-state index in [9.17, 15) is 9.90 Å². The molecule has 0 radical (unpaired) electrons. The van der Waals surface area contributed by atoms with Gasteiger partial charge in [-0.2, -0.15) is 0 Å². The quantitative estimate of drug-likeness (QED) is 0.0489. The topological polar surface area (TPSA) is 66.8 Å². The smallest absolute Gasteiger partial charge is 0.309 e. The second-order valence-corrected chi connectivity index (χ2v) is 16.1. The maximum atomic E-state index is 12.6. The minimum Gasteiger partial charge on any atom is -0.463 e. The van der Waals surface area contributed by atoms with Gasteiger partial charge < -0.3 is 14.9 Å². The Morgan fingerprint density at radius 2 is 0.620 bits per heavy atom. The number of esters is 1. The van der Waals surface area contributed by atoms with Gasteiger partial charge in [0.1, 0.15) is 12.7 Å². The number of ether oxygens (including phenoxy) is 1. The highest BCUT2D eigenvalue weighted by molar-refractivity contribution is 5.72. The lowest BCUT2D eigenvalue weighted by Crippen LogP contribution is -2.25. The molecule has 0 aliphatic carbocycles. The van der Waals surface area contributed by atoms with Crippen LogP contribution in [0.5, 0.6) is 0 Å². The minimum atomic E-state index is -0.971. The summed E-state index contributed by atoms with van der Waals surface area (Å²) in [4.78, 5) is 12.6. The molecule has 50 heavy (non-hydrogen) atoms. The molecule has 0 aromatic carbocycles. The molecule has 300 valence electrons. The summed E-state index contributed by atoms with van der Waals surface area (Å²) in [6.45, 7) is 4.07. The molecular weight excluding hydrogens is 617 g/mol. The fourth-order valence-corrected chi connectivity index (χ4v) is 7.49. The van der Waals surface area contributed by atoms with Crippen LogP contribution in [0.4, 0.5) is 0 Å². The van der Waals surface area contributed by atoms with Gasteiger partial charge in [0.25, 0.3) is 0 Å². The molecule has 4 nitrogen and oxygen atoms in total. The van der Waals surface area contributed by atoms with Crippen LogP contribution >= 0.6 is 0 Å². The van der Waals surface area contributed by atoms with Gasteiger partial charge in [0.15, 0.2) is 0 Å². The summed E-state index contributed by atoms with van der Waals surface area (Å²) in [7, 11) is 0. The van der Waals surface area contributed by atoms with Gasteiger partial charge in [-0.15, -0.1) is 0 Å². The highest BCUT2D eigenvalue weighted by Crippen LogP contribution is 2.22. The summed E-state index contributed by atoms with van der Waals surface area (Å²) in [5, 5.41) is 18.6. The molecule has 0 fully saturated rings.